The van der Waals surface area contributed by atoms with Crippen molar-refractivity contribution in [2.24, 2.45) is 16.5 Å². The summed E-state index contributed by atoms with van der Waals surface area (Å²) in [6.07, 6.45) is 1.90. The molecule has 1 aromatic carbocycles. The smallest absolute Gasteiger partial charge is 0.213 e. The van der Waals surface area contributed by atoms with Gasteiger partial charge in [0, 0.05) is 5.69 Å². The van der Waals surface area contributed by atoms with Crippen LogP contribution in [0, 0.1) is 0 Å². The molecule has 0 spiro atoms. The van der Waals surface area contributed by atoms with Crippen LogP contribution in [0.25, 0.3) is 10.4 Å². The molecule has 0 aliphatic carbocycles. The fourth-order valence-corrected chi connectivity index (χ4v) is 2.81. The molecule has 0 bridgehead atoms. The number of anilines is 1. The standard InChI is InChI=1S/C13H17N5S.ClH/c1-2-4-10-11(8-5-3-6-9(14)7-8)19-13(17-10)18-12(15)16;/h3,5-7H,2,4,14H2,1H3,(H4,15,16,17,18);1H. The number of rotatable bonds is 4. The number of nitrogens with two attached hydrogens (primary N) is 3. The number of thiazole rings is 1. The number of nitrogen functional groups attached to an aromatic ring is 1. The van der Waals surface area contributed by atoms with E-state index in [0.29, 0.717) is 5.13 Å². The molecule has 1 heterocycles. The highest BCUT2D eigenvalue weighted by Crippen LogP contribution is 2.35. The zero-order chi connectivity index (χ0) is 13.8. The predicted molar refractivity (Wildman–Crippen MR) is 88.7 cm³/mol. The fourth-order valence-electron chi connectivity index (χ4n) is 1.81. The molecule has 20 heavy (non-hydrogen) atoms. The summed E-state index contributed by atoms with van der Waals surface area (Å²) in [5, 5.41) is 0.584. The van der Waals surface area contributed by atoms with Crippen molar-refractivity contribution >= 4 is 40.5 Å². The average Bonchev–Trinajstić information content (AvgIpc) is 2.71. The van der Waals surface area contributed by atoms with Crippen molar-refractivity contribution in [1.29, 1.82) is 0 Å². The molecular formula is C13H18ClN5S. The molecule has 1 aromatic heterocycles. The zero-order valence-corrected chi connectivity index (χ0v) is 12.8. The van der Waals surface area contributed by atoms with Gasteiger partial charge in [-0.05, 0) is 24.1 Å². The van der Waals surface area contributed by atoms with Crippen LogP contribution in [0.2, 0.25) is 0 Å². The van der Waals surface area contributed by atoms with Gasteiger partial charge in [-0.1, -0.05) is 36.8 Å². The Balaban J connectivity index is 0.00000200. The molecule has 2 rings (SSSR count). The van der Waals surface area contributed by atoms with Gasteiger partial charge < -0.3 is 17.2 Å². The first-order chi connectivity index (χ1) is 9.10. The number of aliphatic imine (C=N–C) groups is 1. The Hall–Kier alpha value is -1.79. The molecule has 0 atom stereocenters. The minimum absolute atomic E-state index is 0. The second kappa shape index (κ2) is 7.12. The lowest BCUT2D eigenvalue weighted by Crippen LogP contribution is -2.21. The van der Waals surface area contributed by atoms with E-state index in [4.69, 9.17) is 17.2 Å². The monoisotopic (exact) mass is 311 g/mol. The SMILES string of the molecule is CCCc1nc(N=C(N)N)sc1-c1cccc(N)c1.Cl. The van der Waals surface area contributed by atoms with Crippen LogP contribution in [-0.4, -0.2) is 10.9 Å². The topological polar surface area (TPSA) is 103 Å². The van der Waals surface area contributed by atoms with E-state index in [2.05, 4.69) is 16.9 Å². The molecule has 0 aliphatic rings. The molecule has 108 valence electrons. The quantitative estimate of drug-likeness (QED) is 0.459. The maximum absolute atomic E-state index is 5.82. The van der Waals surface area contributed by atoms with Gasteiger partial charge in [0.25, 0.3) is 0 Å². The number of benzene rings is 1. The average molecular weight is 312 g/mol. The number of halogens is 1. The highest BCUT2D eigenvalue weighted by atomic mass is 35.5. The third-order valence-electron chi connectivity index (χ3n) is 2.55. The molecule has 0 aliphatic heterocycles. The lowest BCUT2D eigenvalue weighted by atomic mass is 10.1. The number of aryl methyl sites for hydroxylation is 1. The van der Waals surface area contributed by atoms with E-state index in [9.17, 15) is 0 Å². The van der Waals surface area contributed by atoms with Gasteiger partial charge in [0.15, 0.2) is 5.96 Å². The van der Waals surface area contributed by atoms with Crippen LogP contribution in [0.3, 0.4) is 0 Å². The predicted octanol–water partition coefficient (Wildman–Crippen LogP) is 2.67. The van der Waals surface area contributed by atoms with E-state index in [-0.39, 0.29) is 18.4 Å². The van der Waals surface area contributed by atoms with Gasteiger partial charge in [0.05, 0.1) is 10.6 Å². The number of aromatic nitrogens is 1. The first-order valence-electron chi connectivity index (χ1n) is 6.05. The Labute approximate surface area is 128 Å². The van der Waals surface area contributed by atoms with E-state index in [1.807, 2.05) is 24.3 Å². The summed E-state index contributed by atoms with van der Waals surface area (Å²) in [5.74, 6) is 0.0240. The minimum Gasteiger partial charge on any atom is -0.399 e. The van der Waals surface area contributed by atoms with Crippen molar-refractivity contribution in [3.8, 4) is 10.4 Å². The lowest BCUT2D eigenvalue weighted by molar-refractivity contribution is 0.894. The summed E-state index contributed by atoms with van der Waals surface area (Å²) in [6, 6.07) is 7.75. The van der Waals surface area contributed by atoms with Crippen molar-refractivity contribution in [1.82, 2.24) is 4.98 Å². The maximum atomic E-state index is 5.82. The van der Waals surface area contributed by atoms with Crippen LogP contribution in [-0.2, 0) is 6.42 Å². The molecule has 7 heteroatoms. The Bertz CT molecular complexity index is 605. The number of hydrogen-bond acceptors (Lipinski definition) is 4. The first-order valence-corrected chi connectivity index (χ1v) is 6.87. The molecule has 5 nitrogen and oxygen atoms in total. The normalized spacial score (nSPS) is 9.85. The minimum atomic E-state index is 0. The second-order valence-corrected chi connectivity index (χ2v) is 5.16. The van der Waals surface area contributed by atoms with Gasteiger partial charge in [0.2, 0.25) is 5.13 Å². The molecule has 6 N–H and O–H groups in total. The van der Waals surface area contributed by atoms with E-state index in [0.717, 1.165) is 34.7 Å². The molecule has 0 amide bonds. The van der Waals surface area contributed by atoms with E-state index in [1.54, 1.807) is 0 Å². The molecule has 0 fully saturated rings. The Kier molecular flexibility index (Phi) is 5.79. The Morgan fingerprint density at radius 3 is 2.70 bits per heavy atom. The van der Waals surface area contributed by atoms with Crippen LogP contribution < -0.4 is 17.2 Å². The maximum Gasteiger partial charge on any atom is 0.213 e. The largest absolute Gasteiger partial charge is 0.399 e. The van der Waals surface area contributed by atoms with Gasteiger partial charge in [-0.15, -0.1) is 12.4 Å². The first kappa shape index (κ1) is 16.3. The highest BCUT2D eigenvalue weighted by molar-refractivity contribution is 7.18. The van der Waals surface area contributed by atoms with Crippen LogP contribution in [0.1, 0.15) is 19.0 Å². The van der Waals surface area contributed by atoms with Crippen molar-refractivity contribution in [2.75, 3.05) is 5.73 Å². The van der Waals surface area contributed by atoms with Crippen molar-refractivity contribution in [3.63, 3.8) is 0 Å². The van der Waals surface area contributed by atoms with Crippen LogP contribution in [0.4, 0.5) is 10.8 Å². The number of hydrogen-bond donors (Lipinski definition) is 3. The lowest BCUT2D eigenvalue weighted by Gasteiger charge is -2.01. The molecule has 0 unspecified atom stereocenters. The summed E-state index contributed by atoms with van der Waals surface area (Å²) in [4.78, 5) is 9.57. The van der Waals surface area contributed by atoms with E-state index < -0.39 is 0 Å². The van der Waals surface area contributed by atoms with Crippen LogP contribution >= 0.6 is 23.7 Å². The third-order valence-corrected chi connectivity index (χ3v) is 3.59. The Morgan fingerprint density at radius 2 is 2.10 bits per heavy atom. The van der Waals surface area contributed by atoms with Crippen LogP contribution in [0.5, 0.6) is 0 Å². The third kappa shape index (κ3) is 3.85. The molecule has 0 saturated heterocycles. The molecular weight excluding hydrogens is 294 g/mol. The van der Waals surface area contributed by atoms with Crippen molar-refractivity contribution in [3.05, 3.63) is 30.0 Å². The summed E-state index contributed by atoms with van der Waals surface area (Å²) in [6.45, 7) is 2.11. The van der Waals surface area contributed by atoms with Gasteiger partial charge in [0.1, 0.15) is 0 Å². The second-order valence-electron chi connectivity index (χ2n) is 4.18. The molecule has 0 radical (unpaired) electrons. The summed E-state index contributed by atoms with van der Waals surface area (Å²) in [7, 11) is 0. The van der Waals surface area contributed by atoms with Crippen LogP contribution in [0.15, 0.2) is 29.3 Å². The fraction of sp³-hybridized carbons (Fsp3) is 0.231. The molecule has 0 saturated carbocycles. The summed E-state index contributed by atoms with van der Waals surface area (Å²) in [5.41, 5.74) is 19.4. The van der Waals surface area contributed by atoms with Crippen molar-refractivity contribution in [2.45, 2.75) is 19.8 Å². The Morgan fingerprint density at radius 1 is 1.35 bits per heavy atom. The number of nitrogens with zero attached hydrogens (tertiary/aromatic N) is 2. The van der Waals surface area contributed by atoms with Gasteiger partial charge in [-0.3, -0.25) is 0 Å². The van der Waals surface area contributed by atoms with Gasteiger partial charge in [-0.25, -0.2) is 4.98 Å². The highest BCUT2D eigenvalue weighted by Gasteiger charge is 2.12. The van der Waals surface area contributed by atoms with E-state index >= 15 is 0 Å². The van der Waals surface area contributed by atoms with Gasteiger partial charge >= 0.3 is 0 Å². The number of guanidine groups is 1. The summed E-state index contributed by atoms with van der Waals surface area (Å²) < 4.78 is 0. The van der Waals surface area contributed by atoms with Crippen molar-refractivity contribution < 1.29 is 0 Å². The summed E-state index contributed by atoms with van der Waals surface area (Å²) >= 11 is 1.48. The van der Waals surface area contributed by atoms with E-state index in [1.165, 1.54) is 11.3 Å². The van der Waals surface area contributed by atoms with Gasteiger partial charge in [-0.2, -0.15) is 4.99 Å². The zero-order valence-electron chi connectivity index (χ0n) is 11.2. The molecule has 2 aromatic rings.